The van der Waals surface area contributed by atoms with Crippen molar-refractivity contribution in [2.24, 2.45) is 0 Å². The van der Waals surface area contributed by atoms with Crippen LogP contribution in [0.1, 0.15) is 25.2 Å². The molecule has 0 aliphatic rings. The Balaban J connectivity index is 0.000000423. The van der Waals surface area contributed by atoms with Crippen LogP contribution in [0.15, 0.2) is 46.7 Å². The van der Waals surface area contributed by atoms with Gasteiger partial charge in [-0.1, -0.05) is 31.8 Å². The molecule has 1 radical (unpaired) electrons. The van der Waals surface area contributed by atoms with E-state index in [2.05, 4.69) is 59.0 Å². The van der Waals surface area contributed by atoms with Gasteiger partial charge in [0.2, 0.25) is 0 Å². The minimum atomic E-state index is -1.35. The van der Waals surface area contributed by atoms with Crippen LogP contribution in [0.4, 0.5) is 0 Å². The average Bonchev–Trinajstić information content (AvgIpc) is 3.05. The summed E-state index contributed by atoms with van der Waals surface area (Å²) in [6, 6.07) is 8.34. The largest absolute Gasteiger partial charge is 0.512 e. The van der Waals surface area contributed by atoms with Crippen molar-refractivity contribution in [1.82, 2.24) is 15.0 Å². The number of furan rings is 1. The minimum Gasteiger partial charge on any atom is -0.512 e. The molecule has 4 aromatic rings. The molecule has 4 heterocycles. The summed E-state index contributed by atoms with van der Waals surface area (Å²) in [5, 5.41) is 11.7. The summed E-state index contributed by atoms with van der Waals surface area (Å²) >= 11 is 0. The number of aliphatic hydroxyl groups is 1. The first-order valence-corrected chi connectivity index (χ1v) is 13.9. The summed E-state index contributed by atoms with van der Waals surface area (Å²) in [5.41, 5.74) is 5.00. The molecule has 4 rings (SSSR count). The maximum atomic E-state index is 10.0. The molecule has 6 nitrogen and oxygen atoms in total. The number of nitrogens with zero attached hydrogens (tertiary/aromatic N) is 3. The van der Waals surface area contributed by atoms with Gasteiger partial charge in [0, 0.05) is 43.5 Å². The van der Waals surface area contributed by atoms with E-state index < -0.39 is 8.07 Å². The van der Waals surface area contributed by atoms with Gasteiger partial charge in [0.05, 0.1) is 19.5 Å². The van der Waals surface area contributed by atoms with Gasteiger partial charge in [-0.05, 0) is 56.2 Å². The third kappa shape index (κ3) is 6.44. The molecule has 0 atom stereocenters. The Morgan fingerprint density at radius 3 is 2.33 bits per heavy atom. The second kappa shape index (κ2) is 10.5. The van der Waals surface area contributed by atoms with Gasteiger partial charge >= 0.3 is 0 Å². The number of fused-ring (bicyclic) bond motifs is 3. The molecular formula is C25H28IrN3O3Si-. The fraction of sp³-hybridized carbons (Fsp3) is 0.280. The molecular weight excluding hydrogens is 611 g/mol. The van der Waals surface area contributed by atoms with Crippen molar-refractivity contribution in [1.29, 1.82) is 0 Å². The Hall–Kier alpha value is -2.67. The van der Waals surface area contributed by atoms with Crippen LogP contribution in [0.3, 0.4) is 0 Å². The second-order valence-corrected chi connectivity index (χ2v) is 14.0. The first kappa shape index (κ1) is 26.6. The number of carbonyl (C=O) groups excluding carboxylic acids is 1. The summed E-state index contributed by atoms with van der Waals surface area (Å²) in [6.45, 7) is 13.8. The van der Waals surface area contributed by atoms with E-state index in [0.29, 0.717) is 5.71 Å². The van der Waals surface area contributed by atoms with Crippen LogP contribution in [-0.4, -0.2) is 33.9 Å². The fourth-order valence-electron chi connectivity index (χ4n) is 3.35. The van der Waals surface area contributed by atoms with E-state index >= 15 is 0 Å². The molecule has 0 fully saturated rings. The SMILES string of the molecule is CC(=O)/C=C(/C)O.Cc1cc2c(oc3n[c-]c(-c4ccc([Si](C)(C)C)cn4)cc32)c(C)n1.[Ir]. The van der Waals surface area contributed by atoms with E-state index in [-0.39, 0.29) is 31.6 Å². The summed E-state index contributed by atoms with van der Waals surface area (Å²) in [7, 11) is -1.35. The van der Waals surface area contributed by atoms with Crippen molar-refractivity contribution in [3.05, 3.63) is 59.9 Å². The topological polar surface area (TPSA) is 89.1 Å². The Kier molecular flexibility index (Phi) is 8.46. The van der Waals surface area contributed by atoms with E-state index in [4.69, 9.17) is 9.52 Å². The van der Waals surface area contributed by atoms with Crippen LogP contribution < -0.4 is 5.19 Å². The van der Waals surface area contributed by atoms with E-state index in [1.165, 1.54) is 25.1 Å². The quantitative estimate of drug-likeness (QED) is 0.139. The maximum Gasteiger partial charge on any atom is 0.155 e. The first-order chi connectivity index (χ1) is 15.0. The van der Waals surface area contributed by atoms with Crippen LogP contribution in [0.2, 0.25) is 19.6 Å². The summed E-state index contributed by atoms with van der Waals surface area (Å²) < 4.78 is 5.87. The average molecular weight is 639 g/mol. The molecule has 0 saturated carbocycles. The molecule has 0 unspecified atom stereocenters. The second-order valence-electron chi connectivity index (χ2n) is 8.91. The zero-order chi connectivity index (χ0) is 23.6. The number of aromatic nitrogens is 3. The predicted molar refractivity (Wildman–Crippen MR) is 131 cm³/mol. The first-order valence-electron chi connectivity index (χ1n) is 10.4. The Labute approximate surface area is 208 Å². The number of carbonyl (C=O) groups is 1. The molecule has 4 aromatic heterocycles. The van der Waals surface area contributed by atoms with E-state index in [1.54, 1.807) is 0 Å². The van der Waals surface area contributed by atoms with Gasteiger partial charge in [0.25, 0.3) is 0 Å². The molecule has 0 spiro atoms. The fourth-order valence-corrected chi connectivity index (χ4v) is 4.38. The standard InChI is InChI=1S/C20H20N3OSi.C5H8O2.Ir/c1-12-8-16-17-9-14(10-22-20(17)24-19(16)13(2)23-12)18-7-6-15(11-21-18)25(3,4)5;1-4(6)3-5(2)7;/h6-9,11H,1-5H3;3,6H,1-2H3;/q-1;;/b;4-3-;. The Morgan fingerprint density at radius 1 is 1.12 bits per heavy atom. The Bertz CT molecular complexity index is 1320. The van der Waals surface area contributed by atoms with Crippen molar-refractivity contribution in [2.45, 2.75) is 47.3 Å². The third-order valence-corrected chi connectivity index (χ3v) is 6.90. The van der Waals surface area contributed by atoms with E-state index in [9.17, 15) is 4.79 Å². The van der Waals surface area contributed by atoms with Crippen molar-refractivity contribution >= 4 is 41.1 Å². The molecule has 33 heavy (non-hydrogen) atoms. The van der Waals surface area contributed by atoms with Gasteiger partial charge in [-0.15, -0.1) is 11.6 Å². The van der Waals surface area contributed by atoms with Crippen LogP contribution >= 0.6 is 0 Å². The smallest absolute Gasteiger partial charge is 0.155 e. The minimum absolute atomic E-state index is 0. The molecule has 1 N–H and O–H groups in total. The van der Waals surface area contributed by atoms with Crippen LogP contribution in [0, 0.1) is 20.0 Å². The summed E-state index contributed by atoms with van der Waals surface area (Å²) in [6.07, 6.45) is 6.22. The van der Waals surface area contributed by atoms with Crippen LogP contribution in [0.5, 0.6) is 0 Å². The molecule has 0 amide bonds. The molecule has 0 aromatic carbocycles. The Morgan fingerprint density at radius 2 is 1.82 bits per heavy atom. The zero-order valence-electron chi connectivity index (χ0n) is 19.9. The predicted octanol–water partition coefficient (Wildman–Crippen LogP) is 5.43. The normalized spacial score (nSPS) is 11.7. The number of pyridine rings is 3. The van der Waals surface area contributed by atoms with Crippen LogP contribution in [0.25, 0.3) is 33.3 Å². The van der Waals surface area contributed by atoms with Gasteiger partial charge in [-0.2, -0.15) is 0 Å². The van der Waals surface area contributed by atoms with E-state index in [0.717, 1.165) is 39.0 Å². The maximum absolute atomic E-state index is 10.0. The van der Waals surface area contributed by atoms with Gasteiger partial charge in [-0.25, -0.2) is 0 Å². The molecule has 0 aliphatic heterocycles. The van der Waals surface area contributed by atoms with Crippen molar-refractivity contribution in [2.75, 3.05) is 0 Å². The van der Waals surface area contributed by atoms with Crippen molar-refractivity contribution < 1.29 is 34.4 Å². The molecule has 175 valence electrons. The van der Waals surface area contributed by atoms with Gasteiger partial charge in [0.15, 0.2) is 5.78 Å². The molecule has 0 aliphatic carbocycles. The number of rotatable bonds is 3. The molecule has 0 bridgehead atoms. The van der Waals surface area contributed by atoms with Crippen molar-refractivity contribution in [3.63, 3.8) is 0 Å². The zero-order valence-corrected chi connectivity index (χ0v) is 23.3. The number of hydrogen-bond donors (Lipinski definition) is 1. The summed E-state index contributed by atoms with van der Waals surface area (Å²) in [4.78, 5) is 23.5. The molecule has 0 saturated heterocycles. The third-order valence-electron chi connectivity index (χ3n) is 4.87. The summed E-state index contributed by atoms with van der Waals surface area (Å²) in [5.74, 6) is -0.0625. The number of ketones is 1. The van der Waals surface area contributed by atoms with Gasteiger partial charge in [0.1, 0.15) is 11.3 Å². The van der Waals surface area contributed by atoms with Gasteiger partial charge < -0.3 is 19.5 Å². The number of aryl methyl sites for hydroxylation is 2. The number of allylic oxidation sites excluding steroid dienone is 2. The number of hydrogen-bond acceptors (Lipinski definition) is 6. The van der Waals surface area contributed by atoms with Crippen LogP contribution in [-0.2, 0) is 24.9 Å². The van der Waals surface area contributed by atoms with E-state index in [1.807, 2.05) is 26.1 Å². The van der Waals surface area contributed by atoms with Gasteiger partial charge in [-0.3, -0.25) is 9.78 Å². The van der Waals surface area contributed by atoms with Crippen molar-refractivity contribution in [3.8, 4) is 11.3 Å². The molecule has 8 heteroatoms. The number of aliphatic hydroxyl groups excluding tert-OH is 1. The monoisotopic (exact) mass is 639 g/mol.